The summed E-state index contributed by atoms with van der Waals surface area (Å²) in [5, 5.41) is 11.9. The summed E-state index contributed by atoms with van der Waals surface area (Å²) in [5.41, 5.74) is 5.78. The monoisotopic (exact) mass is 753 g/mol. The first-order valence-electron chi connectivity index (χ1n) is 14.9. The Bertz CT molecular complexity index is 2280. The molecule has 0 saturated heterocycles. The fraction of sp³-hybridized carbons (Fsp3) is 0.0541. The van der Waals surface area contributed by atoms with E-state index in [9.17, 15) is 4.79 Å². The number of carbonyl (C=O) groups is 1. The summed E-state index contributed by atoms with van der Waals surface area (Å²) in [6.45, 7) is 2.85. The van der Waals surface area contributed by atoms with Crippen LogP contribution in [0.5, 0.6) is 0 Å². The van der Waals surface area contributed by atoms with E-state index in [-0.39, 0.29) is 52.8 Å². The first-order valence-corrected chi connectivity index (χ1v) is 14.9. The number of rotatable bonds is 1. The van der Waals surface area contributed by atoms with Crippen LogP contribution in [0.4, 0.5) is 0 Å². The maximum Gasteiger partial charge on any atom is 0.155 e. The van der Waals surface area contributed by atoms with Crippen molar-refractivity contribution in [2.24, 2.45) is 0 Å². The Balaban J connectivity index is 0.000000415. The zero-order valence-electron chi connectivity index (χ0n) is 25.8. The minimum atomic E-state index is -0.125. The number of allylic oxidation sites excluding steroid dienone is 2. The summed E-state index contributed by atoms with van der Waals surface area (Å²) >= 11 is 0. The molecule has 8 bridgehead atoms. The third-order valence-electron chi connectivity index (χ3n) is 7.74. The summed E-state index contributed by atoms with van der Waals surface area (Å²) in [5.74, 6) is 2.15. The van der Waals surface area contributed by atoms with Crippen LogP contribution in [0.3, 0.4) is 0 Å². The van der Waals surface area contributed by atoms with Crippen molar-refractivity contribution in [3.63, 3.8) is 0 Å². The van der Waals surface area contributed by atoms with Gasteiger partial charge in [-0.2, -0.15) is 0 Å². The van der Waals surface area contributed by atoms with Gasteiger partial charge in [-0.25, -0.2) is 9.97 Å². The molecule has 0 saturated carbocycles. The van der Waals surface area contributed by atoms with Gasteiger partial charge in [-0.3, -0.25) is 4.79 Å². The molecule has 7 aromatic rings. The van der Waals surface area contributed by atoms with Crippen LogP contribution in [-0.4, -0.2) is 40.8 Å². The Hall–Kier alpha value is -5.19. The minimum Gasteiger partial charge on any atom is -0.512 e. The van der Waals surface area contributed by atoms with Crippen molar-refractivity contribution >= 4 is 49.9 Å². The van der Waals surface area contributed by atoms with Gasteiger partial charge >= 0.3 is 0 Å². The van der Waals surface area contributed by atoms with E-state index in [2.05, 4.69) is 0 Å². The molecular formula is C37H24N8O2Pr-2. The van der Waals surface area contributed by atoms with Crippen LogP contribution in [-0.2, 0) is 4.79 Å². The Morgan fingerprint density at radius 2 is 0.771 bits per heavy atom. The van der Waals surface area contributed by atoms with Gasteiger partial charge in [-0.15, -0.1) is 0 Å². The number of aromatic nitrogens is 8. The van der Waals surface area contributed by atoms with Crippen LogP contribution < -0.4 is 9.97 Å². The zero-order chi connectivity index (χ0) is 32.1. The molecule has 0 fully saturated rings. The van der Waals surface area contributed by atoms with E-state index in [1.54, 1.807) is 0 Å². The van der Waals surface area contributed by atoms with E-state index in [1.807, 2.05) is 97.1 Å². The molecule has 9 rings (SSSR count). The Morgan fingerprint density at radius 3 is 1.00 bits per heavy atom. The van der Waals surface area contributed by atoms with Gasteiger partial charge in [0.25, 0.3) is 0 Å². The predicted molar refractivity (Wildman–Crippen MR) is 181 cm³/mol. The van der Waals surface area contributed by atoms with Gasteiger partial charge in [0.15, 0.2) is 5.78 Å². The molecule has 0 spiro atoms. The van der Waals surface area contributed by atoms with Gasteiger partial charge in [0.2, 0.25) is 0 Å². The van der Waals surface area contributed by atoms with Crippen LogP contribution in [0.15, 0.2) is 109 Å². The normalized spacial score (nSPS) is 11.7. The number of hydrogen-bond acceptors (Lipinski definition) is 8. The average Bonchev–Trinajstić information content (AvgIpc) is 3.80. The summed E-state index contributed by atoms with van der Waals surface area (Å²) in [6.07, 6.45) is 1.17. The van der Waals surface area contributed by atoms with E-state index in [4.69, 9.17) is 45.0 Å². The summed E-state index contributed by atoms with van der Waals surface area (Å²) < 4.78 is 0. The maximum absolute atomic E-state index is 10.0. The second kappa shape index (κ2) is 12.8. The molecule has 2 aliphatic heterocycles. The largest absolute Gasteiger partial charge is 0.512 e. The van der Waals surface area contributed by atoms with E-state index < -0.39 is 0 Å². The second-order valence-corrected chi connectivity index (χ2v) is 11.1. The second-order valence-electron chi connectivity index (χ2n) is 11.1. The molecule has 48 heavy (non-hydrogen) atoms. The molecule has 5 heterocycles. The number of aliphatic hydroxyl groups excluding tert-OH is 1. The Labute approximate surface area is 307 Å². The molecule has 10 nitrogen and oxygen atoms in total. The third-order valence-corrected chi connectivity index (χ3v) is 7.74. The molecule has 11 heteroatoms. The number of carbonyl (C=O) groups excluding carboxylic acids is 1. The molecule has 0 amide bonds. The van der Waals surface area contributed by atoms with E-state index in [0.717, 1.165) is 43.8 Å². The summed E-state index contributed by atoms with van der Waals surface area (Å²) in [6, 6.07) is 31.8. The minimum absolute atomic E-state index is 0. The zero-order valence-corrected chi connectivity index (χ0v) is 29.5. The maximum atomic E-state index is 10.0. The molecule has 0 unspecified atom stereocenters. The van der Waals surface area contributed by atoms with Crippen molar-refractivity contribution in [3.8, 4) is 45.6 Å². The summed E-state index contributed by atoms with van der Waals surface area (Å²) in [7, 11) is 0. The fourth-order valence-electron chi connectivity index (χ4n) is 5.75. The van der Waals surface area contributed by atoms with Crippen molar-refractivity contribution in [3.05, 3.63) is 109 Å². The average molecular weight is 754 g/mol. The molecule has 0 atom stereocenters. The first-order chi connectivity index (χ1) is 22.9. The standard InChI is InChI=1S/C32H16N8.C5H8O2.Pr/c1-2-10-18-17(9-1)25-33-26(18)38-28-21-13-5-6-14-22(21)30(35-28)40-32-24-16-8-7-15-23(24)31(36-32)39-29-20-12-4-3-11-19(20)27(34-29)37-25;1-4(6)3-5(2)7;/h1-16H;3,6H,1-2H3;/q-2;;. The molecular weight excluding hydrogens is 729 g/mol. The third kappa shape index (κ3) is 5.67. The van der Waals surface area contributed by atoms with Crippen LogP contribution in [0, 0.1) is 41.3 Å². The van der Waals surface area contributed by atoms with Crippen molar-refractivity contribution in [2.45, 2.75) is 13.8 Å². The van der Waals surface area contributed by atoms with Crippen molar-refractivity contribution in [1.82, 2.24) is 39.9 Å². The molecule has 229 valence electrons. The van der Waals surface area contributed by atoms with E-state index in [0.29, 0.717) is 45.9 Å². The van der Waals surface area contributed by atoms with Gasteiger partial charge < -0.3 is 35.0 Å². The number of benzene rings is 4. The quantitative estimate of drug-likeness (QED) is 0.136. The Kier molecular flexibility index (Phi) is 8.37. The number of aliphatic hydroxyl groups is 1. The topological polar surface area (TPSA) is 143 Å². The first kappa shape index (κ1) is 31.4. The van der Waals surface area contributed by atoms with Gasteiger partial charge in [-0.05, 0) is 35.4 Å². The van der Waals surface area contributed by atoms with Crippen molar-refractivity contribution in [1.29, 1.82) is 0 Å². The van der Waals surface area contributed by atoms with Crippen LogP contribution in [0.2, 0.25) is 0 Å². The molecule has 0 aliphatic carbocycles. The summed E-state index contributed by atoms with van der Waals surface area (Å²) in [4.78, 5) is 49.3. The van der Waals surface area contributed by atoms with Gasteiger partial charge in [0, 0.05) is 92.2 Å². The number of hydrogen-bond donors (Lipinski definition) is 1. The molecule has 1 N–H and O–H groups in total. The van der Waals surface area contributed by atoms with E-state index in [1.165, 1.54) is 19.9 Å². The fourth-order valence-corrected chi connectivity index (χ4v) is 5.75. The van der Waals surface area contributed by atoms with Crippen LogP contribution in [0.25, 0.3) is 89.7 Å². The van der Waals surface area contributed by atoms with E-state index >= 15 is 0 Å². The molecule has 2 aliphatic rings. The van der Waals surface area contributed by atoms with Crippen molar-refractivity contribution < 1.29 is 51.2 Å². The van der Waals surface area contributed by atoms with Gasteiger partial charge in [0.05, 0.1) is 29.1 Å². The number of fused-ring (bicyclic) bond motifs is 20. The van der Waals surface area contributed by atoms with Gasteiger partial charge in [-0.1, -0.05) is 97.1 Å². The number of nitrogens with zero attached hydrogens (tertiary/aromatic N) is 8. The SMILES string of the molecule is CC(=O)C=C(C)O.[Pr].c1ccc2c(c1)-c1nc-2nc2[n-]c(nc3nc(nc4[n-]c(n1)c1ccccc41)-c1ccccc1-3)c1ccccc21. The van der Waals surface area contributed by atoms with Crippen molar-refractivity contribution in [2.75, 3.05) is 0 Å². The van der Waals surface area contributed by atoms with Crippen LogP contribution in [0.1, 0.15) is 13.8 Å². The predicted octanol–water partition coefficient (Wildman–Crippen LogP) is 7.16. The number of ketones is 1. The Morgan fingerprint density at radius 1 is 0.500 bits per heavy atom. The molecule has 4 aromatic carbocycles. The van der Waals surface area contributed by atoms with Crippen LogP contribution >= 0.6 is 0 Å². The molecule has 1 radical (unpaired) electrons. The smallest absolute Gasteiger partial charge is 0.155 e. The molecule has 3 aromatic heterocycles. The van der Waals surface area contributed by atoms with Gasteiger partial charge in [0.1, 0.15) is 0 Å².